The molecule has 10 aromatic rings. The van der Waals surface area contributed by atoms with Crippen molar-refractivity contribution in [2.45, 2.75) is 0 Å². The third-order valence-corrected chi connectivity index (χ3v) is 10.4. The Hall–Kier alpha value is -5.64. The molecule has 0 fully saturated rings. The van der Waals surface area contributed by atoms with Gasteiger partial charge in [-0.15, -0.1) is 11.3 Å². The van der Waals surface area contributed by atoms with Gasteiger partial charge in [0.05, 0.1) is 11.0 Å². The van der Waals surface area contributed by atoms with Crippen LogP contribution in [-0.4, -0.2) is 4.57 Å². The number of hydrogen-bond donors (Lipinski definition) is 0. The highest BCUT2D eigenvalue weighted by Crippen LogP contribution is 2.44. The highest BCUT2D eigenvalue weighted by atomic mass is 32.1. The zero-order valence-electron chi connectivity index (χ0n) is 24.2. The Morgan fingerprint density at radius 3 is 1.80 bits per heavy atom. The quantitative estimate of drug-likeness (QED) is 0.200. The van der Waals surface area contributed by atoms with Crippen LogP contribution in [0, 0.1) is 0 Å². The third kappa shape index (κ3) is 3.56. The van der Waals surface area contributed by atoms with E-state index in [0.717, 1.165) is 49.9 Å². The lowest BCUT2D eigenvalue weighted by atomic mass is 10.00. The highest BCUT2D eigenvalue weighted by Gasteiger charge is 2.18. The Kier molecular flexibility index (Phi) is 5.19. The summed E-state index contributed by atoms with van der Waals surface area (Å²) in [6.45, 7) is 0. The molecule has 45 heavy (non-hydrogen) atoms. The largest absolute Gasteiger partial charge is 0.455 e. The monoisotopic (exact) mass is 591 g/mol. The van der Waals surface area contributed by atoms with E-state index >= 15 is 0 Å². The number of para-hydroxylation sites is 3. The van der Waals surface area contributed by atoms with E-state index in [1.807, 2.05) is 17.4 Å². The molecule has 10 rings (SSSR count). The van der Waals surface area contributed by atoms with Gasteiger partial charge in [0.25, 0.3) is 0 Å². The van der Waals surface area contributed by atoms with Gasteiger partial charge in [0, 0.05) is 58.5 Å². The van der Waals surface area contributed by atoms with Crippen molar-refractivity contribution in [2.75, 3.05) is 0 Å². The molecule has 0 N–H and O–H groups in total. The van der Waals surface area contributed by atoms with Crippen LogP contribution in [0.4, 0.5) is 0 Å². The van der Waals surface area contributed by atoms with E-state index < -0.39 is 0 Å². The molecule has 0 spiro atoms. The summed E-state index contributed by atoms with van der Waals surface area (Å²) < 4.78 is 11.8. The minimum atomic E-state index is 0.924. The molecule has 0 atom stereocenters. The minimum absolute atomic E-state index is 0.924. The van der Waals surface area contributed by atoms with Gasteiger partial charge in [-0.2, -0.15) is 0 Å². The van der Waals surface area contributed by atoms with Crippen molar-refractivity contribution in [1.82, 2.24) is 4.57 Å². The molecular formula is C42H25NOS. The summed E-state index contributed by atoms with van der Waals surface area (Å²) in [5.41, 5.74) is 9.97. The van der Waals surface area contributed by atoms with E-state index in [1.54, 1.807) is 0 Å². The lowest BCUT2D eigenvalue weighted by molar-refractivity contribution is 0.671. The Labute approximate surface area is 263 Å². The van der Waals surface area contributed by atoms with Gasteiger partial charge in [0.2, 0.25) is 0 Å². The van der Waals surface area contributed by atoms with Crippen molar-refractivity contribution >= 4 is 75.3 Å². The molecule has 0 aliphatic rings. The normalized spacial score (nSPS) is 12.0. The molecule has 0 saturated heterocycles. The Morgan fingerprint density at radius 1 is 0.422 bits per heavy atom. The third-order valence-electron chi connectivity index (χ3n) is 9.23. The first-order valence-corrected chi connectivity index (χ1v) is 16.1. The molecule has 2 nitrogen and oxygen atoms in total. The predicted molar refractivity (Wildman–Crippen MR) is 192 cm³/mol. The average Bonchev–Trinajstić information content (AvgIpc) is 3.78. The topological polar surface area (TPSA) is 18.1 Å². The molecule has 0 bridgehead atoms. The molecule has 3 heteroatoms. The maximum Gasteiger partial charge on any atom is 0.143 e. The number of aromatic nitrogens is 1. The summed E-state index contributed by atoms with van der Waals surface area (Å²) in [6, 6.07) is 54.5. The van der Waals surface area contributed by atoms with Crippen molar-refractivity contribution in [1.29, 1.82) is 0 Å². The van der Waals surface area contributed by atoms with Crippen molar-refractivity contribution in [3.8, 4) is 27.9 Å². The Bertz CT molecular complexity index is 2740. The number of nitrogens with zero attached hydrogens (tertiary/aromatic N) is 1. The second kappa shape index (κ2) is 9.43. The number of furan rings is 1. The predicted octanol–water partition coefficient (Wildman–Crippen LogP) is 12.4. The van der Waals surface area contributed by atoms with Gasteiger partial charge in [0.15, 0.2) is 0 Å². The molecule has 3 aromatic heterocycles. The Morgan fingerprint density at radius 2 is 1.04 bits per heavy atom. The van der Waals surface area contributed by atoms with Gasteiger partial charge in [-0.1, -0.05) is 121 Å². The van der Waals surface area contributed by atoms with E-state index in [0.29, 0.717) is 0 Å². The first-order chi connectivity index (χ1) is 22.3. The second-order valence-corrected chi connectivity index (χ2v) is 12.7. The number of benzene rings is 7. The van der Waals surface area contributed by atoms with Crippen LogP contribution in [0.1, 0.15) is 0 Å². The zero-order chi connectivity index (χ0) is 29.5. The van der Waals surface area contributed by atoms with Crippen molar-refractivity contribution < 1.29 is 4.42 Å². The van der Waals surface area contributed by atoms with E-state index in [1.165, 1.54) is 42.0 Å². The molecule has 0 unspecified atom stereocenters. The maximum atomic E-state index is 6.70. The van der Waals surface area contributed by atoms with E-state index in [-0.39, 0.29) is 0 Å². The fraction of sp³-hybridized carbons (Fsp3) is 0. The molecule has 0 amide bonds. The summed E-state index contributed by atoms with van der Waals surface area (Å²) in [7, 11) is 0. The summed E-state index contributed by atoms with van der Waals surface area (Å²) in [4.78, 5) is 0. The molecule has 3 heterocycles. The summed E-state index contributed by atoms with van der Waals surface area (Å²) >= 11 is 1.89. The van der Waals surface area contributed by atoms with Crippen molar-refractivity contribution in [2.24, 2.45) is 0 Å². The Balaban J connectivity index is 1.15. The molecule has 0 radical (unpaired) electrons. The second-order valence-electron chi connectivity index (χ2n) is 11.7. The van der Waals surface area contributed by atoms with Crippen LogP contribution in [0.2, 0.25) is 0 Å². The minimum Gasteiger partial charge on any atom is -0.455 e. The highest BCUT2D eigenvalue weighted by molar-refractivity contribution is 7.26. The number of fused-ring (bicyclic) bond motifs is 10. The van der Waals surface area contributed by atoms with Gasteiger partial charge in [-0.05, 0) is 41.5 Å². The van der Waals surface area contributed by atoms with E-state index in [2.05, 4.69) is 150 Å². The fourth-order valence-corrected chi connectivity index (χ4v) is 8.45. The number of hydrogen-bond acceptors (Lipinski definition) is 2. The van der Waals surface area contributed by atoms with Gasteiger partial charge in [0.1, 0.15) is 11.2 Å². The van der Waals surface area contributed by atoms with Crippen molar-refractivity contribution in [3.63, 3.8) is 0 Å². The van der Waals surface area contributed by atoms with Gasteiger partial charge >= 0.3 is 0 Å². The molecule has 0 saturated carbocycles. The van der Waals surface area contributed by atoms with Crippen LogP contribution < -0.4 is 0 Å². The number of rotatable bonds is 3. The smallest absolute Gasteiger partial charge is 0.143 e. The molecular weight excluding hydrogens is 567 g/mol. The number of thiophene rings is 1. The van der Waals surface area contributed by atoms with Gasteiger partial charge in [-0.3, -0.25) is 0 Å². The van der Waals surface area contributed by atoms with Crippen LogP contribution in [0.5, 0.6) is 0 Å². The molecule has 210 valence electrons. The summed E-state index contributed by atoms with van der Waals surface area (Å²) in [5, 5.41) is 7.55. The molecule has 0 aliphatic heterocycles. The van der Waals surface area contributed by atoms with E-state index in [4.69, 9.17) is 4.42 Å². The van der Waals surface area contributed by atoms with Gasteiger partial charge < -0.3 is 8.98 Å². The van der Waals surface area contributed by atoms with Crippen LogP contribution in [-0.2, 0) is 0 Å². The lowest BCUT2D eigenvalue weighted by Gasteiger charge is -2.10. The van der Waals surface area contributed by atoms with Crippen LogP contribution >= 0.6 is 11.3 Å². The van der Waals surface area contributed by atoms with Gasteiger partial charge in [-0.25, -0.2) is 0 Å². The zero-order valence-corrected chi connectivity index (χ0v) is 25.0. The standard InChI is InChI=1S/C42H25NOS/c1-2-10-26(11-3-1)29-14-8-16-32-33-17-9-15-30(41(33)44-40(29)32)27-20-22-28(23-21-27)43-36-18-6-4-13-35(36)39-37(43)25-24-34-31-12-5-7-19-38(31)45-42(34)39/h1-25H. The first-order valence-electron chi connectivity index (χ1n) is 15.3. The van der Waals surface area contributed by atoms with E-state index in [9.17, 15) is 0 Å². The summed E-state index contributed by atoms with van der Waals surface area (Å²) in [6.07, 6.45) is 0. The molecule has 0 aliphatic carbocycles. The SMILES string of the molecule is c1ccc(-c2cccc3c2oc2c(-c4ccc(-n5c6ccccc6c6c7sc8ccccc8c7ccc65)cc4)cccc23)cc1. The first kappa shape index (κ1) is 24.8. The molecule has 7 aromatic carbocycles. The fourth-order valence-electron chi connectivity index (χ4n) is 7.20. The van der Waals surface area contributed by atoms with Crippen LogP contribution in [0.15, 0.2) is 156 Å². The van der Waals surface area contributed by atoms with Crippen molar-refractivity contribution in [3.05, 3.63) is 152 Å². The average molecular weight is 592 g/mol. The van der Waals surface area contributed by atoms with Crippen LogP contribution in [0.3, 0.4) is 0 Å². The summed E-state index contributed by atoms with van der Waals surface area (Å²) in [5.74, 6) is 0. The van der Waals surface area contributed by atoms with Crippen LogP contribution in [0.25, 0.3) is 91.9 Å². The lowest BCUT2D eigenvalue weighted by Crippen LogP contribution is -1.93. The maximum absolute atomic E-state index is 6.70.